The Morgan fingerprint density at radius 2 is 2.09 bits per heavy atom. The molecule has 7 heteroatoms. The summed E-state index contributed by atoms with van der Waals surface area (Å²) in [4.78, 5) is 14.6. The molecule has 0 amide bonds. The third-order valence-electron chi connectivity index (χ3n) is 3.37. The van der Waals surface area contributed by atoms with Gasteiger partial charge in [0.15, 0.2) is 0 Å². The first-order chi connectivity index (χ1) is 10.5. The molecular weight excluding hydrogens is 306 g/mol. The molecule has 0 aliphatic carbocycles. The molecule has 1 heterocycles. The van der Waals surface area contributed by atoms with Crippen LogP contribution in [-0.4, -0.2) is 14.5 Å². The van der Waals surface area contributed by atoms with Gasteiger partial charge >= 0.3 is 0 Å². The molecule has 0 fully saturated rings. The second-order valence-electron chi connectivity index (χ2n) is 4.93. The third-order valence-corrected chi connectivity index (χ3v) is 3.67. The number of hydrogen-bond donors (Lipinski definition) is 0. The molecule has 0 aliphatic heterocycles. The maximum atomic E-state index is 10.9. The highest BCUT2D eigenvalue weighted by molar-refractivity contribution is 6.32. The molecule has 1 aromatic heterocycles. The quantitative estimate of drug-likeness (QED) is 0.535. The SMILES string of the molecule is Cc1cc([N+](=O)[O-])c(Cl)cc1Oc1ccc2c(c1)ncn2C. The van der Waals surface area contributed by atoms with Gasteiger partial charge in [0, 0.05) is 25.2 Å². The molecule has 0 radical (unpaired) electrons. The summed E-state index contributed by atoms with van der Waals surface area (Å²) in [5.74, 6) is 1.07. The lowest BCUT2D eigenvalue weighted by atomic mass is 10.2. The minimum Gasteiger partial charge on any atom is -0.457 e. The lowest BCUT2D eigenvalue weighted by Gasteiger charge is -2.09. The van der Waals surface area contributed by atoms with Crippen molar-refractivity contribution in [2.75, 3.05) is 0 Å². The maximum Gasteiger partial charge on any atom is 0.288 e. The van der Waals surface area contributed by atoms with Crippen LogP contribution >= 0.6 is 11.6 Å². The summed E-state index contributed by atoms with van der Waals surface area (Å²) >= 11 is 5.92. The number of ether oxygens (including phenoxy) is 1. The van der Waals surface area contributed by atoms with Crippen LogP contribution in [0.25, 0.3) is 11.0 Å². The largest absolute Gasteiger partial charge is 0.457 e. The lowest BCUT2D eigenvalue weighted by Crippen LogP contribution is -1.93. The van der Waals surface area contributed by atoms with E-state index in [9.17, 15) is 10.1 Å². The molecule has 2 aromatic carbocycles. The van der Waals surface area contributed by atoms with Gasteiger partial charge in [-0.15, -0.1) is 0 Å². The minimum absolute atomic E-state index is 0.0458. The zero-order valence-corrected chi connectivity index (χ0v) is 12.7. The Morgan fingerprint density at radius 1 is 1.32 bits per heavy atom. The van der Waals surface area contributed by atoms with Gasteiger partial charge < -0.3 is 9.30 Å². The van der Waals surface area contributed by atoms with E-state index < -0.39 is 4.92 Å². The fraction of sp³-hybridized carbons (Fsp3) is 0.133. The number of nitro benzene ring substituents is 1. The lowest BCUT2D eigenvalue weighted by molar-refractivity contribution is -0.384. The van der Waals surface area contributed by atoms with Crippen molar-refractivity contribution in [2.45, 2.75) is 6.92 Å². The number of imidazole rings is 1. The maximum absolute atomic E-state index is 10.9. The van der Waals surface area contributed by atoms with E-state index in [2.05, 4.69) is 4.98 Å². The van der Waals surface area contributed by atoms with E-state index in [0.717, 1.165) is 11.0 Å². The highest BCUT2D eigenvalue weighted by Gasteiger charge is 2.16. The molecule has 6 nitrogen and oxygen atoms in total. The summed E-state index contributed by atoms with van der Waals surface area (Å²) in [5, 5.41) is 10.9. The Hall–Kier alpha value is -2.60. The van der Waals surface area contributed by atoms with Crippen molar-refractivity contribution in [3.05, 3.63) is 57.4 Å². The summed E-state index contributed by atoms with van der Waals surface area (Å²) in [5.41, 5.74) is 2.31. The molecule has 22 heavy (non-hydrogen) atoms. The highest BCUT2D eigenvalue weighted by Crippen LogP contribution is 2.34. The van der Waals surface area contributed by atoms with E-state index in [1.165, 1.54) is 12.1 Å². The highest BCUT2D eigenvalue weighted by atomic mass is 35.5. The van der Waals surface area contributed by atoms with Crippen molar-refractivity contribution >= 4 is 28.3 Å². The number of nitro groups is 1. The first-order valence-electron chi connectivity index (χ1n) is 6.49. The molecule has 0 aliphatic rings. The minimum atomic E-state index is -0.515. The van der Waals surface area contributed by atoms with Crippen LogP contribution in [0.3, 0.4) is 0 Å². The van der Waals surface area contributed by atoms with E-state index in [1.807, 2.05) is 29.8 Å². The van der Waals surface area contributed by atoms with Crippen LogP contribution in [0, 0.1) is 17.0 Å². The molecule has 0 bridgehead atoms. The van der Waals surface area contributed by atoms with Gasteiger partial charge in [0.2, 0.25) is 0 Å². The van der Waals surface area contributed by atoms with Crippen LogP contribution in [0.5, 0.6) is 11.5 Å². The molecule has 0 spiro atoms. The monoisotopic (exact) mass is 317 g/mol. The summed E-state index contributed by atoms with van der Waals surface area (Å²) < 4.78 is 7.70. The van der Waals surface area contributed by atoms with Crippen molar-refractivity contribution in [3.63, 3.8) is 0 Å². The number of fused-ring (bicyclic) bond motifs is 1. The third kappa shape index (κ3) is 2.48. The molecular formula is C15H12ClN3O3. The van der Waals surface area contributed by atoms with Gasteiger partial charge in [-0.2, -0.15) is 0 Å². The fourth-order valence-corrected chi connectivity index (χ4v) is 2.43. The first kappa shape index (κ1) is 14.3. The summed E-state index contributed by atoms with van der Waals surface area (Å²) in [6.45, 7) is 1.73. The Morgan fingerprint density at radius 3 is 2.82 bits per heavy atom. The van der Waals surface area contributed by atoms with Gasteiger partial charge in [0.25, 0.3) is 5.69 Å². The number of aryl methyl sites for hydroxylation is 2. The molecule has 3 rings (SSSR count). The van der Waals surface area contributed by atoms with Crippen molar-refractivity contribution < 1.29 is 9.66 Å². The standard InChI is InChI=1S/C15H12ClN3O3/c1-9-5-14(19(20)21)11(16)7-15(9)22-10-3-4-13-12(6-10)17-8-18(13)2/h3-8H,1-2H3. The predicted molar refractivity (Wildman–Crippen MR) is 83.6 cm³/mol. The molecule has 112 valence electrons. The van der Waals surface area contributed by atoms with Gasteiger partial charge in [-0.3, -0.25) is 10.1 Å². The summed E-state index contributed by atoms with van der Waals surface area (Å²) in [7, 11) is 1.91. The zero-order valence-electron chi connectivity index (χ0n) is 11.9. The van der Waals surface area contributed by atoms with Crippen LogP contribution in [0.15, 0.2) is 36.7 Å². The summed E-state index contributed by atoms with van der Waals surface area (Å²) in [6.07, 6.45) is 1.72. The first-order valence-corrected chi connectivity index (χ1v) is 6.87. The molecule has 0 N–H and O–H groups in total. The normalized spacial score (nSPS) is 10.9. The van der Waals surface area contributed by atoms with E-state index in [4.69, 9.17) is 16.3 Å². The van der Waals surface area contributed by atoms with E-state index >= 15 is 0 Å². The van der Waals surface area contributed by atoms with Crippen LogP contribution in [-0.2, 0) is 7.05 Å². The van der Waals surface area contributed by atoms with Gasteiger partial charge in [-0.05, 0) is 24.6 Å². The van der Waals surface area contributed by atoms with Crippen LogP contribution in [0.1, 0.15) is 5.56 Å². The molecule has 0 atom stereocenters. The molecule has 3 aromatic rings. The average Bonchev–Trinajstić information content (AvgIpc) is 2.83. The number of aromatic nitrogens is 2. The smallest absolute Gasteiger partial charge is 0.288 e. The number of nitrogens with zero attached hydrogens (tertiary/aromatic N) is 3. The molecule has 0 saturated carbocycles. The van der Waals surface area contributed by atoms with Gasteiger partial charge in [0.05, 0.1) is 22.3 Å². The van der Waals surface area contributed by atoms with Gasteiger partial charge in [-0.1, -0.05) is 11.6 Å². The Bertz CT molecular complexity index is 889. The Balaban J connectivity index is 1.97. The molecule has 0 unspecified atom stereocenters. The number of hydrogen-bond acceptors (Lipinski definition) is 4. The van der Waals surface area contributed by atoms with Gasteiger partial charge in [0.1, 0.15) is 16.5 Å². The van der Waals surface area contributed by atoms with Gasteiger partial charge in [-0.25, -0.2) is 4.98 Å². The van der Waals surface area contributed by atoms with Crippen molar-refractivity contribution in [3.8, 4) is 11.5 Å². The summed E-state index contributed by atoms with van der Waals surface area (Å²) in [6, 6.07) is 8.39. The van der Waals surface area contributed by atoms with Crippen molar-refractivity contribution in [2.24, 2.45) is 7.05 Å². The van der Waals surface area contributed by atoms with Crippen LogP contribution in [0.2, 0.25) is 5.02 Å². The van der Waals surface area contributed by atoms with E-state index in [0.29, 0.717) is 17.1 Å². The molecule has 0 saturated heterocycles. The Labute approximate surface area is 131 Å². The van der Waals surface area contributed by atoms with Crippen molar-refractivity contribution in [1.82, 2.24) is 9.55 Å². The predicted octanol–water partition coefficient (Wildman–Crippen LogP) is 4.24. The Kier molecular flexibility index (Phi) is 3.46. The van der Waals surface area contributed by atoms with Crippen molar-refractivity contribution in [1.29, 1.82) is 0 Å². The fourth-order valence-electron chi connectivity index (χ4n) is 2.20. The average molecular weight is 318 g/mol. The number of rotatable bonds is 3. The van der Waals surface area contributed by atoms with Crippen LogP contribution in [0.4, 0.5) is 5.69 Å². The van der Waals surface area contributed by atoms with Crippen LogP contribution < -0.4 is 4.74 Å². The zero-order chi connectivity index (χ0) is 15.9. The van der Waals surface area contributed by atoms with E-state index in [1.54, 1.807) is 13.3 Å². The second-order valence-corrected chi connectivity index (χ2v) is 5.34. The topological polar surface area (TPSA) is 70.2 Å². The second kappa shape index (κ2) is 5.31. The van der Waals surface area contributed by atoms with E-state index in [-0.39, 0.29) is 10.7 Å². The number of benzene rings is 2. The number of halogens is 1.